The highest BCUT2D eigenvalue weighted by atomic mass is 35.5. The van der Waals surface area contributed by atoms with Crippen LogP contribution in [-0.4, -0.2) is 9.38 Å². The summed E-state index contributed by atoms with van der Waals surface area (Å²) in [5.74, 6) is 0. The minimum Gasteiger partial charge on any atom is -0.299 e. The summed E-state index contributed by atoms with van der Waals surface area (Å²) in [7, 11) is 0. The molecule has 3 aromatic rings. The van der Waals surface area contributed by atoms with E-state index in [1.54, 1.807) is 0 Å². The molecule has 2 nitrogen and oxygen atoms in total. The van der Waals surface area contributed by atoms with Crippen LogP contribution in [0.4, 0.5) is 0 Å². The third-order valence-electron chi connectivity index (χ3n) is 4.03. The molecule has 0 fully saturated rings. The minimum absolute atomic E-state index is 0.0993. The molecular weight excluding hydrogens is 280 g/mol. The molecule has 2 aromatic heterocycles. The van der Waals surface area contributed by atoms with Gasteiger partial charge in [0.1, 0.15) is 5.65 Å². The summed E-state index contributed by atoms with van der Waals surface area (Å²) in [4.78, 5) is 4.81. The van der Waals surface area contributed by atoms with Crippen molar-refractivity contribution >= 4 is 17.2 Å². The van der Waals surface area contributed by atoms with E-state index < -0.39 is 0 Å². The van der Waals surface area contributed by atoms with Crippen molar-refractivity contribution in [3.63, 3.8) is 0 Å². The Morgan fingerprint density at radius 3 is 2.48 bits per heavy atom. The van der Waals surface area contributed by atoms with E-state index in [1.165, 1.54) is 11.1 Å². The molecule has 0 saturated carbocycles. The van der Waals surface area contributed by atoms with Crippen molar-refractivity contribution in [2.45, 2.75) is 33.1 Å². The van der Waals surface area contributed by atoms with Crippen LogP contribution in [0.3, 0.4) is 0 Å². The second-order valence-electron chi connectivity index (χ2n) is 5.62. The van der Waals surface area contributed by atoms with Crippen molar-refractivity contribution in [1.82, 2.24) is 9.38 Å². The molecule has 0 aliphatic carbocycles. The number of hydrogen-bond donors (Lipinski definition) is 0. The molecule has 108 valence electrons. The van der Waals surface area contributed by atoms with E-state index in [9.17, 15) is 0 Å². The molecule has 1 unspecified atom stereocenters. The summed E-state index contributed by atoms with van der Waals surface area (Å²) in [6.45, 7) is 8.34. The molecule has 1 atom stereocenters. The Bertz CT molecular complexity index is 815. The molecule has 0 radical (unpaired) electrons. The van der Waals surface area contributed by atoms with Crippen molar-refractivity contribution in [2.24, 2.45) is 0 Å². The first kappa shape index (κ1) is 14.2. The number of benzene rings is 1. The van der Waals surface area contributed by atoms with Crippen LogP contribution in [0.5, 0.6) is 0 Å². The van der Waals surface area contributed by atoms with E-state index >= 15 is 0 Å². The Hall–Kier alpha value is -1.80. The van der Waals surface area contributed by atoms with Crippen LogP contribution in [0.25, 0.3) is 16.9 Å². The molecular formula is C18H19ClN2. The first-order valence-electron chi connectivity index (χ1n) is 7.18. The van der Waals surface area contributed by atoms with E-state index in [1.807, 2.05) is 19.1 Å². The molecule has 0 aliphatic rings. The lowest BCUT2D eigenvalue weighted by Crippen LogP contribution is -1.98. The molecule has 3 heteroatoms. The van der Waals surface area contributed by atoms with Crippen molar-refractivity contribution in [3.05, 3.63) is 58.9 Å². The number of nitrogens with zero attached hydrogens (tertiary/aromatic N) is 2. The normalized spacial score (nSPS) is 12.8. The van der Waals surface area contributed by atoms with Gasteiger partial charge in [0.05, 0.1) is 16.8 Å². The highest BCUT2D eigenvalue weighted by molar-refractivity contribution is 6.20. The van der Waals surface area contributed by atoms with Gasteiger partial charge in [0.15, 0.2) is 0 Å². The summed E-state index contributed by atoms with van der Waals surface area (Å²) in [6, 6.07) is 12.6. The second kappa shape index (κ2) is 5.19. The Morgan fingerprint density at radius 2 is 1.81 bits per heavy atom. The lowest BCUT2D eigenvalue weighted by Gasteiger charge is -2.10. The van der Waals surface area contributed by atoms with Gasteiger partial charge in [-0.15, -0.1) is 11.6 Å². The van der Waals surface area contributed by atoms with E-state index in [0.29, 0.717) is 0 Å². The lowest BCUT2D eigenvalue weighted by atomic mass is 10.0. The zero-order chi connectivity index (χ0) is 15.1. The van der Waals surface area contributed by atoms with Gasteiger partial charge < -0.3 is 0 Å². The van der Waals surface area contributed by atoms with E-state index in [0.717, 1.165) is 28.3 Å². The quantitative estimate of drug-likeness (QED) is 0.592. The van der Waals surface area contributed by atoms with Crippen LogP contribution in [0.15, 0.2) is 36.4 Å². The van der Waals surface area contributed by atoms with Gasteiger partial charge in [-0.3, -0.25) is 4.40 Å². The van der Waals surface area contributed by atoms with Crippen molar-refractivity contribution in [3.8, 4) is 11.3 Å². The van der Waals surface area contributed by atoms with Crippen molar-refractivity contribution in [2.75, 3.05) is 0 Å². The van der Waals surface area contributed by atoms with E-state index in [2.05, 4.69) is 49.4 Å². The van der Waals surface area contributed by atoms with Gasteiger partial charge in [0.25, 0.3) is 0 Å². The van der Waals surface area contributed by atoms with Gasteiger partial charge in [-0.05, 0) is 57.0 Å². The van der Waals surface area contributed by atoms with E-state index in [4.69, 9.17) is 16.6 Å². The SMILES string of the molecule is Cc1ccc(-c2nc3cccc(C)n3c2C(C)Cl)cc1C. The molecule has 0 N–H and O–H groups in total. The van der Waals surface area contributed by atoms with Crippen LogP contribution in [-0.2, 0) is 0 Å². The van der Waals surface area contributed by atoms with Crippen LogP contribution in [0.1, 0.15) is 34.8 Å². The first-order chi connectivity index (χ1) is 9.99. The summed E-state index contributed by atoms with van der Waals surface area (Å²) in [5, 5.41) is -0.0993. The first-order valence-corrected chi connectivity index (χ1v) is 7.62. The Labute approximate surface area is 130 Å². The third kappa shape index (κ3) is 2.34. The maximum atomic E-state index is 6.46. The van der Waals surface area contributed by atoms with Crippen LogP contribution in [0.2, 0.25) is 0 Å². The third-order valence-corrected chi connectivity index (χ3v) is 4.24. The topological polar surface area (TPSA) is 17.3 Å². The number of alkyl halides is 1. The number of pyridine rings is 1. The molecule has 21 heavy (non-hydrogen) atoms. The zero-order valence-electron chi connectivity index (χ0n) is 12.8. The fourth-order valence-electron chi connectivity index (χ4n) is 2.75. The average Bonchev–Trinajstić information content (AvgIpc) is 2.83. The molecule has 3 rings (SSSR count). The maximum absolute atomic E-state index is 6.46. The number of fused-ring (bicyclic) bond motifs is 1. The number of aryl methyl sites for hydroxylation is 3. The summed E-state index contributed by atoms with van der Waals surface area (Å²) in [5.41, 5.74) is 7.84. The minimum atomic E-state index is -0.0993. The largest absolute Gasteiger partial charge is 0.299 e. The van der Waals surface area contributed by atoms with E-state index in [-0.39, 0.29) is 5.38 Å². The van der Waals surface area contributed by atoms with Gasteiger partial charge in [-0.2, -0.15) is 0 Å². The number of imidazole rings is 1. The van der Waals surface area contributed by atoms with Gasteiger partial charge in [-0.1, -0.05) is 18.2 Å². The molecule has 1 aromatic carbocycles. The molecule has 2 heterocycles. The molecule has 0 amide bonds. The smallest absolute Gasteiger partial charge is 0.137 e. The number of halogens is 1. The Kier molecular flexibility index (Phi) is 3.50. The second-order valence-corrected chi connectivity index (χ2v) is 6.28. The monoisotopic (exact) mass is 298 g/mol. The predicted octanol–water partition coefficient (Wildman–Crippen LogP) is 5.23. The highest BCUT2D eigenvalue weighted by Gasteiger charge is 2.19. The fourth-order valence-corrected chi connectivity index (χ4v) is 2.95. The van der Waals surface area contributed by atoms with Gasteiger partial charge in [-0.25, -0.2) is 4.98 Å². The van der Waals surface area contributed by atoms with Crippen molar-refractivity contribution in [1.29, 1.82) is 0 Å². The summed E-state index contributed by atoms with van der Waals surface area (Å²) < 4.78 is 2.15. The molecule has 0 aliphatic heterocycles. The summed E-state index contributed by atoms with van der Waals surface area (Å²) >= 11 is 6.46. The van der Waals surface area contributed by atoms with Gasteiger partial charge in [0.2, 0.25) is 0 Å². The predicted molar refractivity (Wildman–Crippen MR) is 89.1 cm³/mol. The van der Waals surface area contributed by atoms with Crippen LogP contribution in [0, 0.1) is 20.8 Å². The van der Waals surface area contributed by atoms with Crippen molar-refractivity contribution < 1.29 is 0 Å². The zero-order valence-corrected chi connectivity index (χ0v) is 13.6. The Morgan fingerprint density at radius 1 is 1.05 bits per heavy atom. The molecule has 0 bridgehead atoms. The van der Waals surface area contributed by atoms with Crippen LogP contribution < -0.4 is 0 Å². The van der Waals surface area contributed by atoms with Crippen LogP contribution >= 0.6 is 11.6 Å². The maximum Gasteiger partial charge on any atom is 0.137 e. The van der Waals surface area contributed by atoms with Gasteiger partial charge >= 0.3 is 0 Å². The number of aromatic nitrogens is 2. The number of rotatable bonds is 2. The average molecular weight is 299 g/mol. The Balaban J connectivity index is 2.34. The summed E-state index contributed by atoms with van der Waals surface area (Å²) in [6.07, 6.45) is 0. The standard InChI is InChI=1S/C18H19ClN2/c1-11-8-9-15(10-12(11)2)17-18(14(4)19)21-13(3)6-5-7-16(21)20-17/h5-10,14H,1-4H3. The lowest BCUT2D eigenvalue weighted by molar-refractivity contribution is 0.936. The fraction of sp³-hybridized carbons (Fsp3) is 0.278. The number of hydrogen-bond acceptors (Lipinski definition) is 1. The van der Waals surface area contributed by atoms with Gasteiger partial charge in [0, 0.05) is 11.3 Å². The molecule has 0 spiro atoms. The molecule has 0 saturated heterocycles. The highest BCUT2D eigenvalue weighted by Crippen LogP contribution is 2.33.